The molecule has 3 N–H and O–H groups in total. The average molecular weight is 236 g/mol. The Morgan fingerprint density at radius 1 is 1.47 bits per heavy atom. The molecule has 1 heterocycles. The van der Waals surface area contributed by atoms with Crippen LogP contribution in [0.5, 0.6) is 0 Å². The fraction of sp³-hybridized carbons (Fsp3) is 1.00. The van der Waals surface area contributed by atoms with Crippen LogP contribution in [0.3, 0.4) is 0 Å². The zero-order valence-corrected chi connectivity index (χ0v) is 9.75. The van der Waals surface area contributed by atoms with Crippen molar-refractivity contribution in [3.05, 3.63) is 0 Å². The van der Waals surface area contributed by atoms with Gasteiger partial charge in [0.2, 0.25) is 10.0 Å². The van der Waals surface area contributed by atoms with E-state index in [4.69, 9.17) is 10.8 Å². The van der Waals surface area contributed by atoms with Gasteiger partial charge in [-0.15, -0.1) is 0 Å². The van der Waals surface area contributed by atoms with Crippen molar-refractivity contribution in [2.24, 2.45) is 11.7 Å². The Morgan fingerprint density at radius 3 is 2.80 bits per heavy atom. The van der Waals surface area contributed by atoms with Crippen LogP contribution in [0.4, 0.5) is 0 Å². The van der Waals surface area contributed by atoms with Crippen molar-refractivity contribution >= 4 is 10.0 Å². The molecule has 90 valence electrons. The van der Waals surface area contributed by atoms with Crippen molar-refractivity contribution in [2.75, 3.05) is 32.0 Å². The normalized spacial score (nSPS) is 24.3. The molecule has 0 aliphatic carbocycles. The summed E-state index contributed by atoms with van der Waals surface area (Å²) in [5.74, 6) is 0.329. The monoisotopic (exact) mass is 236 g/mol. The minimum absolute atomic E-state index is 0.0266. The highest BCUT2D eigenvalue weighted by Crippen LogP contribution is 2.21. The van der Waals surface area contributed by atoms with Gasteiger partial charge in [-0.05, 0) is 25.2 Å². The maximum absolute atomic E-state index is 11.7. The summed E-state index contributed by atoms with van der Waals surface area (Å²) in [4.78, 5) is 0. The van der Waals surface area contributed by atoms with Crippen LogP contribution in [0.1, 0.15) is 19.3 Å². The molecule has 0 bridgehead atoms. The van der Waals surface area contributed by atoms with E-state index in [9.17, 15) is 8.42 Å². The van der Waals surface area contributed by atoms with E-state index in [1.807, 2.05) is 0 Å². The number of aliphatic hydroxyl groups excluding tert-OH is 1. The van der Waals surface area contributed by atoms with Gasteiger partial charge >= 0.3 is 0 Å². The molecule has 1 rings (SSSR count). The first-order chi connectivity index (χ1) is 7.10. The summed E-state index contributed by atoms with van der Waals surface area (Å²) in [6.07, 6.45) is 2.58. The van der Waals surface area contributed by atoms with Crippen molar-refractivity contribution in [2.45, 2.75) is 19.3 Å². The third kappa shape index (κ3) is 3.71. The molecule has 1 atom stereocenters. The van der Waals surface area contributed by atoms with E-state index in [1.54, 1.807) is 0 Å². The third-order valence-corrected chi connectivity index (χ3v) is 4.66. The zero-order valence-electron chi connectivity index (χ0n) is 8.93. The Hall–Kier alpha value is -0.170. The maximum atomic E-state index is 11.7. The Labute approximate surface area is 91.3 Å². The average Bonchev–Trinajstić information content (AvgIpc) is 2.19. The van der Waals surface area contributed by atoms with Crippen LogP contribution in [0.25, 0.3) is 0 Å². The minimum Gasteiger partial charge on any atom is -0.396 e. The lowest BCUT2D eigenvalue weighted by Gasteiger charge is -2.31. The number of piperidine rings is 1. The standard InChI is InChI=1S/C9H20N2O3S/c10-4-7-15(13,14)11-5-1-2-9(8-11)3-6-12/h9,12H,1-8,10H2. The van der Waals surface area contributed by atoms with E-state index >= 15 is 0 Å². The van der Waals surface area contributed by atoms with E-state index in [1.165, 1.54) is 4.31 Å². The molecule has 6 heteroatoms. The van der Waals surface area contributed by atoms with Crippen LogP contribution in [0, 0.1) is 5.92 Å². The molecule has 0 amide bonds. The van der Waals surface area contributed by atoms with Crippen LogP contribution < -0.4 is 5.73 Å². The number of nitrogens with two attached hydrogens (primary N) is 1. The third-order valence-electron chi connectivity index (χ3n) is 2.79. The summed E-state index contributed by atoms with van der Waals surface area (Å²) >= 11 is 0. The molecule has 1 aliphatic heterocycles. The largest absolute Gasteiger partial charge is 0.396 e. The number of hydrogen-bond acceptors (Lipinski definition) is 4. The van der Waals surface area contributed by atoms with Crippen molar-refractivity contribution in [3.8, 4) is 0 Å². The van der Waals surface area contributed by atoms with Crippen LogP contribution in [0.2, 0.25) is 0 Å². The second-order valence-corrected chi connectivity index (χ2v) is 6.07. The molecule has 0 aromatic carbocycles. The molecular weight excluding hydrogens is 216 g/mol. The lowest BCUT2D eigenvalue weighted by Crippen LogP contribution is -2.42. The van der Waals surface area contributed by atoms with Gasteiger partial charge in [0.15, 0.2) is 0 Å². The molecule has 0 aromatic heterocycles. The molecule has 1 saturated heterocycles. The van der Waals surface area contributed by atoms with Crippen LogP contribution >= 0.6 is 0 Å². The fourth-order valence-corrected chi connectivity index (χ4v) is 3.38. The molecule has 5 nitrogen and oxygen atoms in total. The zero-order chi connectivity index (χ0) is 11.3. The highest BCUT2D eigenvalue weighted by atomic mass is 32.2. The van der Waals surface area contributed by atoms with Crippen LogP contribution in [0.15, 0.2) is 0 Å². The number of hydrogen-bond donors (Lipinski definition) is 2. The number of rotatable bonds is 5. The number of sulfonamides is 1. The van der Waals surface area contributed by atoms with Gasteiger partial charge in [-0.1, -0.05) is 0 Å². The van der Waals surface area contributed by atoms with Crippen molar-refractivity contribution in [1.82, 2.24) is 4.31 Å². The Kier molecular flexibility index (Phi) is 4.98. The molecule has 1 fully saturated rings. The van der Waals surface area contributed by atoms with E-state index in [-0.39, 0.29) is 18.9 Å². The molecule has 1 unspecified atom stereocenters. The summed E-state index contributed by atoms with van der Waals surface area (Å²) in [6.45, 7) is 1.45. The van der Waals surface area contributed by atoms with Gasteiger partial charge in [0.25, 0.3) is 0 Å². The first kappa shape index (κ1) is 12.9. The van der Waals surface area contributed by atoms with E-state index in [0.29, 0.717) is 25.4 Å². The smallest absolute Gasteiger partial charge is 0.215 e. The lowest BCUT2D eigenvalue weighted by molar-refractivity contribution is 0.203. The summed E-state index contributed by atoms with van der Waals surface area (Å²) < 4.78 is 25.0. The Morgan fingerprint density at radius 2 is 2.20 bits per heavy atom. The van der Waals surface area contributed by atoms with Crippen molar-refractivity contribution < 1.29 is 13.5 Å². The van der Waals surface area contributed by atoms with Gasteiger partial charge in [0.05, 0.1) is 5.75 Å². The summed E-state index contributed by atoms with van der Waals surface area (Å²) in [6, 6.07) is 0. The highest BCUT2D eigenvalue weighted by Gasteiger charge is 2.27. The van der Waals surface area contributed by atoms with Gasteiger partial charge in [-0.25, -0.2) is 12.7 Å². The fourth-order valence-electron chi connectivity index (χ4n) is 1.98. The van der Waals surface area contributed by atoms with Gasteiger partial charge in [-0.3, -0.25) is 0 Å². The summed E-state index contributed by atoms with van der Waals surface area (Å²) in [5.41, 5.74) is 5.27. The highest BCUT2D eigenvalue weighted by molar-refractivity contribution is 7.89. The second-order valence-electron chi connectivity index (χ2n) is 3.98. The number of nitrogens with zero attached hydrogens (tertiary/aromatic N) is 1. The van der Waals surface area contributed by atoms with E-state index < -0.39 is 10.0 Å². The van der Waals surface area contributed by atoms with E-state index in [0.717, 1.165) is 12.8 Å². The van der Waals surface area contributed by atoms with Crippen LogP contribution in [-0.2, 0) is 10.0 Å². The van der Waals surface area contributed by atoms with Gasteiger partial charge in [0, 0.05) is 26.2 Å². The first-order valence-corrected chi connectivity index (χ1v) is 7.00. The Bertz CT molecular complexity index is 277. The SMILES string of the molecule is NCCS(=O)(=O)N1CCCC(CCO)C1. The van der Waals surface area contributed by atoms with E-state index in [2.05, 4.69) is 0 Å². The predicted molar refractivity (Wildman–Crippen MR) is 58.8 cm³/mol. The lowest BCUT2D eigenvalue weighted by atomic mass is 9.97. The predicted octanol–water partition coefficient (Wildman–Crippen LogP) is -0.631. The molecular formula is C9H20N2O3S. The molecule has 0 aromatic rings. The van der Waals surface area contributed by atoms with Crippen molar-refractivity contribution in [3.63, 3.8) is 0 Å². The molecule has 0 saturated carbocycles. The van der Waals surface area contributed by atoms with Gasteiger partial charge in [0.1, 0.15) is 0 Å². The first-order valence-electron chi connectivity index (χ1n) is 5.39. The molecule has 1 aliphatic rings. The molecule has 15 heavy (non-hydrogen) atoms. The number of aliphatic hydroxyl groups is 1. The summed E-state index contributed by atoms with van der Waals surface area (Å²) in [5, 5.41) is 8.82. The van der Waals surface area contributed by atoms with Gasteiger partial charge < -0.3 is 10.8 Å². The quantitative estimate of drug-likeness (QED) is 0.665. The summed E-state index contributed by atoms with van der Waals surface area (Å²) in [7, 11) is -3.16. The Balaban J connectivity index is 2.55. The van der Waals surface area contributed by atoms with Gasteiger partial charge in [-0.2, -0.15) is 0 Å². The van der Waals surface area contributed by atoms with Crippen molar-refractivity contribution in [1.29, 1.82) is 0 Å². The van der Waals surface area contributed by atoms with Crippen LogP contribution in [-0.4, -0.2) is 49.8 Å². The topological polar surface area (TPSA) is 83.6 Å². The molecule has 0 radical (unpaired) electrons. The minimum atomic E-state index is -3.16. The maximum Gasteiger partial charge on any atom is 0.215 e. The second kappa shape index (κ2) is 5.79. The molecule has 0 spiro atoms.